The highest BCUT2D eigenvalue weighted by atomic mass is 16.3. The maximum Gasteiger partial charge on any atom is 0.0512 e. The number of aliphatic hydroxyl groups excluding tert-OH is 1. The van der Waals surface area contributed by atoms with Crippen molar-refractivity contribution in [2.24, 2.45) is 5.92 Å². The summed E-state index contributed by atoms with van der Waals surface area (Å²) in [6, 6.07) is 0. The minimum absolute atomic E-state index is 0.114. The van der Waals surface area contributed by atoms with Gasteiger partial charge in [0.2, 0.25) is 0 Å². The van der Waals surface area contributed by atoms with Crippen molar-refractivity contribution in [3.63, 3.8) is 0 Å². The third kappa shape index (κ3) is 3.55. The van der Waals surface area contributed by atoms with E-state index in [2.05, 4.69) is 11.9 Å². The van der Waals surface area contributed by atoms with Crippen LogP contribution in [0.4, 0.5) is 0 Å². The summed E-state index contributed by atoms with van der Waals surface area (Å²) in [5, 5.41) is 9.14. The van der Waals surface area contributed by atoms with E-state index in [-0.39, 0.29) is 6.10 Å². The van der Waals surface area contributed by atoms with Crippen LogP contribution >= 0.6 is 0 Å². The van der Waals surface area contributed by atoms with E-state index < -0.39 is 0 Å². The largest absolute Gasteiger partial charge is 0.393 e. The Morgan fingerprint density at radius 1 is 1.58 bits per heavy atom. The molecular weight excluding hydrogens is 150 g/mol. The molecule has 1 saturated heterocycles. The Morgan fingerprint density at radius 3 is 2.92 bits per heavy atom. The van der Waals surface area contributed by atoms with E-state index in [1.165, 1.54) is 32.4 Å². The molecule has 1 aliphatic heterocycles. The molecular formula is C10H21NO. The normalized spacial score (nSPS) is 28.8. The summed E-state index contributed by atoms with van der Waals surface area (Å²) in [6.45, 7) is 4.37. The standard InChI is InChI=1S/C10H21NO/c1-9(12)5-6-10-4-3-7-11(2)8-10/h9-10,12H,3-8H2,1-2H3. The van der Waals surface area contributed by atoms with Gasteiger partial charge in [0.25, 0.3) is 0 Å². The molecule has 0 saturated carbocycles. The summed E-state index contributed by atoms with van der Waals surface area (Å²) >= 11 is 0. The molecule has 0 aliphatic carbocycles. The highest BCUT2D eigenvalue weighted by Crippen LogP contribution is 2.20. The Hall–Kier alpha value is -0.0800. The van der Waals surface area contributed by atoms with Gasteiger partial charge in [-0.2, -0.15) is 0 Å². The number of aliphatic hydroxyl groups is 1. The second kappa shape index (κ2) is 4.83. The van der Waals surface area contributed by atoms with Gasteiger partial charge >= 0.3 is 0 Å². The minimum Gasteiger partial charge on any atom is -0.393 e. The molecule has 0 aromatic heterocycles. The van der Waals surface area contributed by atoms with Gasteiger partial charge < -0.3 is 10.0 Å². The Kier molecular flexibility index (Phi) is 4.02. The molecule has 1 fully saturated rings. The Balaban J connectivity index is 2.14. The molecule has 2 atom stereocenters. The Morgan fingerprint density at radius 2 is 2.33 bits per heavy atom. The van der Waals surface area contributed by atoms with Gasteiger partial charge in [-0.3, -0.25) is 0 Å². The number of hydrogen-bond acceptors (Lipinski definition) is 2. The molecule has 0 radical (unpaired) electrons. The molecule has 0 amide bonds. The number of rotatable bonds is 3. The number of likely N-dealkylation sites (tertiary alicyclic amines) is 1. The lowest BCUT2D eigenvalue weighted by Gasteiger charge is -2.29. The fraction of sp³-hybridized carbons (Fsp3) is 1.00. The molecule has 12 heavy (non-hydrogen) atoms. The van der Waals surface area contributed by atoms with Crippen molar-refractivity contribution in [1.82, 2.24) is 4.90 Å². The smallest absolute Gasteiger partial charge is 0.0512 e. The Bertz CT molecular complexity index is 125. The van der Waals surface area contributed by atoms with Crippen LogP contribution in [0.3, 0.4) is 0 Å². The second-order valence-corrected chi connectivity index (χ2v) is 4.20. The molecule has 0 aromatic carbocycles. The summed E-state index contributed by atoms with van der Waals surface area (Å²) in [5.74, 6) is 0.832. The molecule has 1 heterocycles. The molecule has 2 nitrogen and oxygen atoms in total. The van der Waals surface area contributed by atoms with Crippen LogP contribution in [0.2, 0.25) is 0 Å². The van der Waals surface area contributed by atoms with E-state index in [0.717, 1.165) is 12.3 Å². The van der Waals surface area contributed by atoms with Gasteiger partial charge in [0.05, 0.1) is 6.10 Å². The van der Waals surface area contributed by atoms with Crippen LogP contribution in [0.25, 0.3) is 0 Å². The molecule has 1 N–H and O–H groups in total. The van der Waals surface area contributed by atoms with Crippen LogP contribution < -0.4 is 0 Å². The first kappa shape index (κ1) is 10.0. The van der Waals surface area contributed by atoms with E-state index in [9.17, 15) is 0 Å². The van der Waals surface area contributed by atoms with Crippen LogP contribution in [0.1, 0.15) is 32.6 Å². The quantitative estimate of drug-likeness (QED) is 0.695. The highest BCUT2D eigenvalue weighted by molar-refractivity contribution is 4.71. The zero-order valence-electron chi connectivity index (χ0n) is 8.29. The minimum atomic E-state index is -0.114. The lowest BCUT2D eigenvalue weighted by atomic mass is 9.93. The average molecular weight is 171 g/mol. The monoisotopic (exact) mass is 171 g/mol. The lowest BCUT2D eigenvalue weighted by molar-refractivity contribution is 0.149. The molecule has 0 spiro atoms. The number of piperidine rings is 1. The summed E-state index contributed by atoms with van der Waals surface area (Å²) in [4.78, 5) is 2.40. The number of hydrogen-bond donors (Lipinski definition) is 1. The van der Waals surface area contributed by atoms with Gasteiger partial charge in [0, 0.05) is 6.54 Å². The van der Waals surface area contributed by atoms with E-state index in [0.29, 0.717) is 0 Å². The van der Waals surface area contributed by atoms with E-state index >= 15 is 0 Å². The predicted octanol–water partition coefficient (Wildman–Crippen LogP) is 1.49. The summed E-state index contributed by atoms with van der Waals surface area (Å²) in [7, 11) is 2.19. The molecule has 72 valence electrons. The third-order valence-electron chi connectivity index (χ3n) is 2.71. The van der Waals surface area contributed by atoms with E-state index in [4.69, 9.17) is 5.11 Å². The van der Waals surface area contributed by atoms with Crippen LogP contribution in [0, 0.1) is 5.92 Å². The first-order chi connectivity index (χ1) is 5.68. The van der Waals surface area contributed by atoms with E-state index in [1.54, 1.807) is 0 Å². The van der Waals surface area contributed by atoms with Gasteiger partial charge in [-0.25, -0.2) is 0 Å². The second-order valence-electron chi connectivity index (χ2n) is 4.20. The molecule has 1 rings (SSSR count). The molecule has 2 heteroatoms. The first-order valence-electron chi connectivity index (χ1n) is 5.05. The summed E-state index contributed by atoms with van der Waals surface area (Å²) in [6.07, 6.45) is 4.75. The van der Waals surface area contributed by atoms with Crippen LogP contribution in [0.5, 0.6) is 0 Å². The van der Waals surface area contributed by atoms with Crippen molar-refractivity contribution in [3.05, 3.63) is 0 Å². The number of nitrogens with zero attached hydrogens (tertiary/aromatic N) is 1. The fourth-order valence-corrected chi connectivity index (χ4v) is 1.99. The van der Waals surface area contributed by atoms with Crippen LogP contribution in [-0.4, -0.2) is 36.2 Å². The molecule has 2 unspecified atom stereocenters. The first-order valence-corrected chi connectivity index (χ1v) is 5.05. The van der Waals surface area contributed by atoms with Crippen LogP contribution in [-0.2, 0) is 0 Å². The van der Waals surface area contributed by atoms with Crippen molar-refractivity contribution in [1.29, 1.82) is 0 Å². The zero-order chi connectivity index (χ0) is 8.97. The van der Waals surface area contributed by atoms with Gasteiger partial charge in [0.15, 0.2) is 0 Å². The van der Waals surface area contributed by atoms with Crippen molar-refractivity contribution in [2.45, 2.75) is 38.7 Å². The third-order valence-corrected chi connectivity index (χ3v) is 2.71. The lowest BCUT2D eigenvalue weighted by Crippen LogP contribution is -2.32. The topological polar surface area (TPSA) is 23.5 Å². The van der Waals surface area contributed by atoms with Crippen molar-refractivity contribution >= 4 is 0 Å². The van der Waals surface area contributed by atoms with Crippen LogP contribution in [0.15, 0.2) is 0 Å². The van der Waals surface area contributed by atoms with Gasteiger partial charge in [-0.05, 0) is 52.1 Å². The fourth-order valence-electron chi connectivity index (χ4n) is 1.99. The SMILES string of the molecule is CC(O)CCC1CCCN(C)C1. The summed E-state index contributed by atoms with van der Waals surface area (Å²) in [5.41, 5.74) is 0. The average Bonchev–Trinajstić information content (AvgIpc) is 2.01. The van der Waals surface area contributed by atoms with Gasteiger partial charge in [-0.15, -0.1) is 0 Å². The highest BCUT2D eigenvalue weighted by Gasteiger charge is 2.16. The molecule has 0 aromatic rings. The predicted molar refractivity (Wildman–Crippen MR) is 51.1 cm³/mol. The van der Waals surface area contributed by atoms with Gasteiger partial charge in [0.1, 0.15) is 0 Å². The summed E-state index contributed by atoms with van der Waals surface area (Å²) < 4.78 is 0. The Labute approximate surface area is 75.6 Å². The van der Waals surface area contributed by atoms with Crippen molar-refractivity contribution < 1.29 is 5.11 Å². The molecule has 1 aliphatic rings. The van der Waals surface area contributed by atoms with Crippen molar-refractivity contribution in [2.75, 3.05) is 20.1 Å². The maximum absolute atomic E-state index is 9.14. The van der Waals surface area contributed by atoms with Gasteiger partial charge in [-0.1, -0.05) is 0 Å². The maximum atomic E-state index is 9.14. The zero-order valence-corrected chi connectivity index (χ0v) is 8.29. The van der Waals surface area contributed by atoms with E-state index in [1.807, 2.05) is 6.92 Å². The molecule has 0 bridgehead atoms. The van der Waals surface area contributed by atoms with Crippen molar-refractivity contribution in [3.8, 4) is 0 Å².